The Balaban J connectivity index is 1.87. The molecule has 2 heterocycles. The number of carbonyl (C=O) groups is 2. The molecule has 2 aliphatic rings. The summed E-state index contributed by atoms with van der Waals surface area (Å²) in [6, 6.07) is -0.302. The van der Waals surface area contributed by atoms with E-state index in [0.29, 0.717) is 45.7 Å². The van der Waals surface area contributed by atoms with Crippen LogP contribution in [0.2, 0.25) is 0 Å². The fourth-order valence-corrected chi connectivity index (χ4v) is 4.40. The Morgan fingerprint density at radius 2 is 1.96 bits per heavy atom. The van der Waals surface area contributed by atoms with Gasteiger partial charge in [-0.15, -0.1) is 0 Å². The Morgan fingerprint density at radius 1 is 1.27 bits per heavy atom. The molecule has 0 aromatic carbocycles. The monoisotopic (exact) mass is 391 g/mol. The molecule has 1 atom stereocenters. The third-order valence-corrected chi connectivity index (χ3v) is 5.95. The van der Waals surface area contributed by atoms with Gasteiger partial charge in [-0.2, -0.15) is 4.31 Å². The normalized spacial score (nSPS) is 21.8. The van der Waals surface area contributed by atoms with Crippen LogP contribution in [-0.2, 0) is 24.3 Å². The van der Waals surface area contributed by atoms with E-state index in [4.69, 9.17) is 9.47 Å². The first-order valence-corrected chi connectivity index (χ1v) is 10.9. The van der Waals surface area contributed by atoms with Crippen LogP contribution in [0.3, 0.4) is 0 Å². The molecule has 0 radical (unpaired) electrons. The van der Waals surface area contributed by atoms with E-state index in [1.807, 2.05) is 0 Å². The summed E-state index contributed by atoms with van der Waals surface area (Å²) in [6.07, 6.45) is 3.58. The number of piperidine rings is 1. The predicted octanol–water partition coefficient (Wildman–Crippen LogP) is 0.164. The molecule has 0 aromatic rings. The minimum absolute atomic E-state index is 0.0125. The van der Waals surface area contributed by atoms with E-state index in [1.165, 1.54) is 4.31 Å². The molecular formula is C16H29N3O6S. The highest BCUT2D eigenvalue weighted by atomic mass is 32.2. The van der Waals surface area contributed by atoms with Crippen LogP contribution >= 0.6 is 0 Å². The summed E-state index contributed by atoms with van der Waals surface area (Å²) < 4.78 is 36.0. The van der Waals surface area contributed by atoms with E-state index in [2.05, 4.69) is 5.32 Å². The first-order valence-electron chi connectivity index (χ1n) is 9.08. The van der Waals surface area contributed by atoms with Crippen LogP contribution in [0.5, 0.6) is 0 Å². The van der Waals surface area contributed by atoms with Gasteiger partial charge in [-0.1, -0.05) is 0 Å². The lowest BCUT2D eigenvalue weighted by molar-refractivity contribution is -0.122. The topological polar surface area (TPSA) is 105 Å². The highest BCUT2D eigenvalue weighted by Gasteiger charge is 2.33. The zero-order valence-electron chi connectivity index (χ0n) is 15.5. The van der Waals surface area contributed by atoms with Crippen LogP contribution in [-0.4, -0.2) is 87.4 Å². The van der Waals surface area contributed by atoms with Crippen molar-refractivity contribution in [2.24, 2.45) is 0 Å². The quantitative estimate of drug-likeness (QED) is 0.663. The van der Waals surface area contributed by atoms with Gasteiger partial charge in [0.1, 0.15) is 0 Å². The van der Waals surface area contributed by atoms with Crippen molar-refractivity contribution in [3.8, 4) is 0 Å². The molecule has 150 valence electrons. The Bertz CT molecular complexity index is 583. The highest BCUT2D eigenvalue weighted by Crippen LogP contribution is 2.19. The lowest BCUT2D eigenvalue weighted by Crippen LogP contribution is -2.51. The van der Waals surface area contributed by atoms with Crippen molar-refractivity contribution in [1.82, 2.24) is 14.5 Å². The molecule has 2 rings (SSSR count). The fraction of sp³-hybridized carbons (Fsp3) is 0.875. The van der Waals surface area contributed by atoms with Gasteiger partial charge in [0, 0.05) is 32.3 Å². The molecule has 0 aromatic heterocycles. The first kappa shape index (κ1) is 20.9. The smallest absolute Gasteiger partial charge is 0.409 e. The maximum atomic E-state index is 12.2. The number of carbonyl (C=O) groups excluding carboxylic acids is 2. The molecule has 2 fully saturated rings. The number of ether oxygens (including phenoxy) is 2. The summed E-state index contributed by atoms with van der Waals surface area (Å²) in [7, 11) is -3.54. The molecule has 2 saturated heterocycles. The third kappa shape index (κ3) is 6.10. The molecule has 1 unspecified atom stereocenters. The second-order valence-corrected chi connectivity index (χ2v) is 8.60. The zero-order valence-corrected chi connectivity index (χ0v) is 16.3. The van der Waals surface area contributed by atoms with Crippen molar-refractivity contribution in [3.63, 3.8) is 0 Å². The summed E-state index contributed by atoms with van der Waals surface area (Å²) in [5.41, 5.74) is 0. The summed E-state index contributed by atoms with van der Waals surface area (Å²) in [6.45, 7) is 3.76. The van der Waals surface area contributed by atoms with E-state index in [1.54, 1.807) is 11.8 Å². The Kier molecular flexibility index (Phi) is 7.66. The minimum Gasteiger partial charge on any atom is -0.450 e. The molecule has 26 heavy (non-hydrogen) atoms. The van der Waals surface area contributed by atoms with Crippen LogP contribution in [0.25, 0.3) is 0 Å². The number of nitrogens with zero attached hydrogens (tertiary/aromatic N) is 2. The van der Waals surface area contributed by atoms with Gasteiger partial charge in [-0.05, 0) is 32.6 Å². The first-order chi connectivity index (χ1) is 12.3. The van der Waals surface area contributed by atoms with Crippen LogP contribution in [0, 0.1) is 0 Å². The fourth-order valence-electron chi connectivity index (χ4n) is 3.30. The Morgan fingerprint density at radius 3 is 2.50 bits per heavy atom. The van der Waals surface area contributed by atoms with Gasteiger partial charge in [0.05, 0.1) is 25.5 Å². The second-order valence-electron chi connectivity index (χ2n) is 6.66. The largest absolute Gasteiger partial charge is 0.450 e. The summed E-state index contributed by atoms with van der Waals surface area (Å²) in [5, 5.41) is 2.76. The molecule has 2 aliphatic heterocycles. The second kappa shape index (κ2) is 9.52. The van der Waals surface area contributed by atoms with Gasteiger partial charge < -0.3 is 19.7 Å². The van der Waals surface area contributed by atoms with Gasteiger partial charge in [-0.25, -0.2) is 13.2 Å². The van der Waals surface area contributed by atoms with Crippen LogP contribution in [0.1, 0.15) is 32.6 Å². The van der Waals surface area contributed by atoms with Crippen molar-refractivity contribution in [1.29, 1.82) is 0 Å². The van der Waals surface area contributed by atoms with Crippen LogP contribution < -0.4 is 5.32 Å². The van der Waals surface area contributed by atoms with Crippen molar-refractivity contribution < 1.29 is 27.5 Å². The van der Waals surface area contributed by atoms with Crippen molar-refractivity contribution in [2.45, 2.75) is 44.8 Å². The number of amides is 2. The van der Waals surface area contributed by atoms with Crippen molar-refractivity contribution >= 4 is 22.0 Å². The SMILES string of the molecule is CCOC(=O)N1CCC(N(CC(=O)NCC2CCCO2)S(C)(=O)=O)CC1. The number of hydrogen-bond donors (Lipinski definition) is 1. The van der Waals surface area contributed by atoms with Gasteiger partial charge >= 0.3 is 6.09 Å². The van der Waals surface area contributed by atoms with Crippen molar-refractivity contribution in [3.05, 3.63) is 0 Å². The molecule has 1 N–H and O–H groups in total. The van der Waals surface area contributed by atoms with Gasteiger partial charge in [0.2, 0.25) is 15.9 Å². The Hall–Kier alpha value is -1.39. The van der Waals surface area contributed by atoms with E-state index < -0.39 is 10.0 Å². The number of rotatable bonds is 7. The highest BCUT2D eigenvalue weighted by molar-refractivity contribution is 7.88. The lowest BCUT2D eigenvalue weighted by atomic mass is 10.1. The number of likely N-dealkylation sites (tertiary alicyclic amines) is 1. The number of sulfonamides is 1. The molecular weight excluding hydrogens is 362 g/mol. The minimum atomic E-state index is -3.54. The maximum Gasteiger partial charge on any atom is 0.409 e. The summed E-state index contributed by atoms with van der Waals surface area (Å²) in [5.74, 6) is -0.334. The van der Waals surface area contributed by atoms with Gasteiger partial charge in [0.25, 0.3) is 0 Å². The van der Waals surface area contributed by atoms with E-state index in [9.17, 15) is 18.0 Å². The van der Waals surface area contributed by atoms with Crippen LogP contribution in [0.4, 0.5) is 4.79 Å². The van der Waals surface area contributed by atoms with E-state index in [0.717, 1.165) is 19.1 Å². The summed E-state index contributed by atoms with van der Waals surface area (Å²) >= 11 is 0. The average Bonchev–Trinajstić information content (AvgIpc) is 3.11. The lowest BCUT2D eigenvalue weighted by Gasteiger charge is -2.36. The Labute approximate surface area is 155 Å². The maximum absolute atomic E-state index is 12.2. The summed E-state index contributed by atoms with van der Waals surface area (Å²) in [4.78, 5) is 25.5. The third-order valence-electron chi connectivity index (χ3n) is 4.67. The molecule has 0 aliphatic carbocycles. The van der Waals surface area contributed by atoms with Gasteiger partial charge in [0.15, 0.2) is 0 Å². The van der Waals surface area contributed by atoms with Crippen LogP contribution in [0.15, 0.2) is 0 Å². The molecule has 2 amide bonds. The standard InChI is InChI=1S/C16H29N3O6S/c1-3-24-16(21)18-8-6-13(7-9-18)19(26(2,22)23)12-15(20)17-11-14-5-4-10-25-14/h13-14H,3-12H2,1-2H3,(H,17,20). The van der Waals surface area contributed by atoms with Gasteiger partial charge in [-0.3, -0.25) is 4.79 Å². The van der Waals surface area contributed by atoms with Crippen molar-refractivity contribution in [2.75, 3.05) is 45.6 Å². The molecule has 0 bridgehead atoms. The number of hydrogen-bond acceptors (Lipinski definition) is 6. The molecule has 0 saturated carbocycles. The predicted molar refractivity (Wildman–Crippen MR) is 95.2 cm³/mol. The molecule has 9 nitrogen and oxygen atoms in total. The molecule has 10 heteroatoms. The molecule has 0 spiro atoms. The number of nitrogens with one attached hydrogen (secondary N) is 1. The zero-order chi connectivity index (χ0) is 19.2. The van der Waals surface area contributed by atoms with E-state index >= 15 is 0 Å². The average molecular weight is 391 g/mol. The van der Waals surface area contributed by atoms with E-state index in [-0.39, 0.29) is 30.7 Å².